The van der Waals surface area contributed by atoms with Crippen molar-refractivity contribution in [1.82, 2.24) is 0 Å². The van der Waals surface area contributed by atoms with Crippen molar-refractivity contribution in [2.24, 2.45) is 0 Å². The maximum atomic E-state index is 11.3. The van der Waals surface area contributed by atoms with Gasteiger partial charge in [-0.25, -0.2) is 0 Å². The lowest BCUT2D eigenvalue weighted by atomic mass is 10.0. The van der Waals surface area contributed by atoms with Gasteiger partial charge >= 0.3 is 5.69 Å². The second-order valence-corrected chi connectivity index (χ2v) is 5.37. The van der Waals surface area contributed by atoms with E-state index in [9.17, 15) is 15.2 Å². The van der Waals surface area contributed by atoms with Gasteiger partial charge in [0.2, 0.25) is 0 Å². The van der Waals surface area contributed by atoms with Crippen LogP contribution in [-0.2, 0) is 0 Å². The SMILES string of the molecule is COc1cccc(N(C)CC2(O)CCCC2)c1[N+](=O)[O-]. The summed E-state index contributed by atoms with van der Waals surface area (Å²) in [6.45, 7) is 0.390. The molecule has 1 aliphatic rings. The number of benzene rings is 1. The molecule has 0 bridgehead atoms. The van der Waals surface area contributed by atoms with Crippen LogP contribution >= 0.6 is 0 Å². The maximum absolute atomic E-state index is 11.3. The van der Waals surface area contributed by atoms with E-state index in [1.54, 1.807) is 30.1 Å². The Bertz CT molecular complexity index is 498. The van der Waals surface area contributed by atoms with Gasteiger partial charge in [0.25, 0.3) is 0 Å². The summed E-state index contributed by atoms with van der Waals surface area (Å²) in [5.74, 6) is 0.234. The third-order valence-electron chi connectivity index (χ3n) is 3.86. The predicted octanol–water partition coefficient (Wildman–Crippen LogP) is 2.34. The highest BCUT2D eigenvalue weighted by Gasteiger charge is 2.34. The van der Waals surface area contributed by atoms with Crippen LogP contribution in [0.4, 0.5) is 11.4 Å². The Kier molecular flexibility index (Phi) is 4.13. The number of nitrogens with zero attached hydrogens (tertiary/aromatic N) is 2. The highest BCUT2D eigenvalue weighted by molar-refractivity contribution is 5.69. The van der Waals surface area contributed by atoms with E-state index in [1.807, 2.05) is 0 Å². The van der Waals surface area contributed by atoms with Gasteiger partial charge < -0.3 is 14.7 Å². The molecule has 0 aliphatic heterocycles. The van der Waals surface area contributed by atoms with Crippen LogP contribution in [0.15, 0.2) is 18.2 Å². The molecule has 1 saturated carbocycles. The molecule has 6 nitrogen and oxygen atoms in total. The quantitative estimate of drug-likeness (QED) is 0.662. The minimum Gasteiger partial charge on any atom is -0.490 e. The fourth-order valence-corrected chi connectivity index (χ4v) is 2.88. The van der Waals surface area contributed by atoms with Gasteiger partial charge in [0.05, 0.1) is 17.6 Å². The molecule has 0 heterocycles. The lowest BCUT2D eigenvalue weighted by Crippen LogP contribution is -2.39. The second-order valence-electron chi connectivity index (χ2n) is 5.37. The van der Waals surface area contributed by atoms with Crippen molar-refractivity contribution in [3.63, 3.8) is 0 Å². The van der Waals surface area contributed by atoms with Crippen molar-refractivity contribution in [1.29, 1.82) is 0 Å². The molecule has 110 valence electrons. The van der Waals surface area contributed by atoms with Gasteiger partial charge in [0.15, 0.2) is 5.75 Å². The number of likely N-dealkylation sites (N-methyl/N-ethyl adjacent to an activating group) is 1. The van der Waals surface area contributed by atoms with E-state index in [1.165, 1.54) is 7.11 Å². The van der Waals surface area contributed by atoms with Gasteiger partial charge in [-0.05, 0) is 25.0 Å². The number of methoxy groups -OCH3 is 1. The third kappa shape index (κ3) is 2.85. The lowest BCUT2D eigenvalue weighted by Gasteiger charge is -2.29. The fraction of sp³-hybridized carbons (Fsp3) is 0.571. The van der Waals surface area contributed by atoms with Crippen molar-refractivity contribution >= 4 is 11.4 Å². The van der Waals surface area contributed by atoms with Crippen molar-refractivity contribution in [3.05, 3.63) is 28.3 Å². The first-order valence-corrected chi connectivity index (χ1v) is 6.72. The molecule has 0 amide bonds. The summed E-state index contributed by atoms with van der Waals surface area (Å²) in [7, 11) is 3.18. The zero-order valence-corrected chi connectivity index (χ0v) is 11.8. The molecule has 1 aliphatic carbocycles. The van der Waals surface area contributed by atoms with Crippen LogP contribution in [0, 0.1) is 10.1 Å². The number of anilines is 1. The number of nitro groups is 1. The largest absolute Gasteiger partial charge is 0.490 e. The average molecular weight is 280 g/mol. The lowest BCUT2D eigenvalue weighted by molar-refractivity contribution is -0.385. The number of aliphatic hydroxyl groups is 1. The Morgan fingerprint density at radius 3 is 2.65 bits per heavy atom. The van der Waals surface area contributed by atoms with Crippen LogP contribution in [-0.4, -0.2) is 36.3 Å². The van der Waals surface area contributed by atoms with E-state index in [0.29, 0.717) is 12.2 Å². The molecule has 1 aromatic carbocycles. The molecule has 20 heavy (non-hydrogen) atoms. The van der Waals surface area contributed by atoms with E-state index >= 15 is 0 Å². The monoisotopic (exact) mass is 280 g/mol. The average Bonchev–Trinajstić information content (AvgIpc) is 2.83. The van der Waals surface area contributed by atoms with E-state index < -0.39 is 10.5 Å². The van der Waals surface area contributed by atoms with Crippen molar-refractivity contribution in [2.75, 3.05) is 25.6 Å². The Hall–Kier alpha value is -1.82. The minimum atomic E-state index is -0.744. The van der Waals surface area contributed by atoms with Crippen LogP contribution in [0.2, 0.25) is 0 Å². The standard InChI is InChI=1S/C14H20N2O4/c1-15(10-14(17)8-3-4-9-14)11-6-5-7-12(20-2)13(11)16(18)19/h5-7,17H,3-4,8-10H2,1-2H3. The normalized spacial score (nSPS) is 16.9. The second kappa shape index (κ2) is 5.66. The topological polar surface area (TPSA) is 75.8 Å². The molecule has 0 radical (unpaired) electrons. The van der Waals surface area contributed by atoms with Crippen LogP contribution < -0.4 is 9.64 Å². The molecule has 2 rings (SSSR count). The van der Waals surface area contributed by atoms with Gasteiger partial charge in [-0.3, -0.25) is 10.1 Å². The zero-order valence-electron chi connectivity index (χ0n) is 11.8. The fourth-order valence-electron chi connectivity index (χ4n) is 2.88. The number of rotatable bonds is 5. The number of nitro benzene ring substituents is 1. The Morgan fingerprint density at radius 2 is 2.10 bits per heavy atom. The molecule has 1 fully saturated rings. The Morgan fingerprint density at radius 1 is 1.45 bits per heavy atom. The van der Waals surface area contributed by atoms with E-state index in [2.05, 4.69) is 0 Å². The molecule has 1 aromatic rings. The zero-order chi connectivity index (χ0) is 14.8. The van der Waals surface area contributed by atoms with Gasteiger partial charge in [-0.15, -0.1) is 0 Å². The highest BCUT2D eigenvalue weighted by Crippen LogP contribution is 2.38. The molecule has 0 spiro atoms. The first-order chi connectivity index (χ1) is 9.47. The Labute approximate surface area is 118 Å². The molecular formula is C14H20N2O4. The molecule has 6 heteroatoms. The van der Waals surface area contributed by atoms with Crippen LogP contribution in [0.1, 0.15) is 25.7 Å². The summed E-state index contributed by atoms with van der Waals surface area (Å²) in [4.78, 5) is 12.6. The first kappa shape index (κ1) is 14.6. The van der Waals surface area contributed by atoms with Crippen LogP contribution in [0.3, 0.4) is 0 Å². The van der Waals surface area contributed by atoms with Crippen molar-refractivity contribution < 1.29 is 14.8 Å². The number of hydrogen-bond donors (Lipinski definition) is 1. The van der Waals surface area contributed by atoms with Crippen LogP contribution in [0.25, 0.3) is 0 Å². The molecule has 0 aromatic heterocycles. The first-order valence-electron chi connectivity index (χ1n) is 6.72. The molecule has 0 unspecified atom stereocenters. The van der Waals surface area contributed by atoms with E-state index in [4.69, 9.17) is 4.74 Å². The molecule has 0 saturated heterocycles. The van der Waals surface area contributed by atoms with Crippen LogP contribution in [0.5, 0.6) is 5.75 Å². The van der Waals surface area contributed by atoms with Crippen molar-refractivity contribution in [2.45, 2.75) is 31.3 Å². The van der Waals surface area contributed by atoms with E-state index in [-0.39, 0.29) is 11.4 Å². The highest BCUT2D eigenvalue weighted by atomic mass is 16.6. The van der Waals surface area contributed by atoms with Gasteiger partial charge in [-0.2, -0.15) is 0 Å². The minimum absolute atomic E-state index is 0.0564. The summed E-state index contributed by atoms with van der Waals surface area (Å²) in [5, 5.41) is 21.7. The van der Waals surface area contributed by atoms with Gasteiger partial charge in [0, 0.05) is 13.6 Å². The third-order valence-corrected chi connectivity index (χ3v) is 3.86. The summed E-state index contributed by atoms with van der Waals surface area (Å²) < 4.78 is 5.06. The molecule has 0 atom stereocenters. The van der Waals surface area contributed by atoms with Gasteiger partial charge in [0.1, 0.15) is 5.69 Å². The van der Waals surface area contributed by atoms with Crippen molar-refractivity contribution in [3.8, 4) is 5.75 Å². The Balaban J connectivity index is 2.29. The number of hydrogen-bond acceptors (Lipinski definition) is 5. The van der Waals surface area contributed by atoms with Gasteiger partial charge in [-0.1, -0.05) is 18.9 Å². The summed E-state index contributed by atoms with van der Waals surface area (Å²) in [6, 6.07) is 4.97. The summed E-state index contributed by atoms with van der Waals surface area (Å²) in [5.41, 5.74) is -0.333. The maximum Gasteiger partial charge on any atom is 0.333 e. The smallest absolute Gasteiger partial charge is 0.333 e. The number of para-hydroxylation sites is 1. The molecular weight excluding hydrogens is 260 g/mol. The number of ether oxygens (including phenoxy) is 1. The summed E-state index contributed by atoms with van der Waals surface area (Å²) in [6.07, 6.45) is 3.50. The summed E-state index contributed by atoms with van der Waals surface area (Å²) >= 11 is 0. The molecule has 1 N–H and O–H groups in total. The van der Waals surface area contributed by atoms with E-state index in [0.717, 1.165) is 25.7 Å². The predicted molar refractivity (Wildman–Crippen MR) is 76.3 cm³/mol.